The molecule has 5 N–H and O–H groups in total. The van der Waals surface area contributed by atoms with Crippen LogP contribution in [-0.4, -0.2) is 19.1 Å². The molecule has 0 spiro atoms. The van der Waals surface area contributed by atoms with Crippen LogP contribution in [0.4, 0.5) is 5.69 Å². The summed E-state index contributed by atoms with van der Waals surface area (Å²) in [5.74, 6) is 0. The largest absolute Gasteiger partial charge is 0.331 e. The van der Waals surface area contributed by atoms with E-state index >= 15 is 0 Å². The van der Waals surface area contributed by atoms with Crippen LogP contribution in [0.15, 0.2) is 35.3 Å². The second kappa shape index (κ2) is 15.0. The zero-order valence-electron chi connectivity index (χ0n) is 9.40. The minimum Gasteiger partial charge on any atom is -0.331 e. The number of nitrogens with one attached hydrogen (secondary N) is 1. The zero-order valence-corrected chi connectivity index (χ0v) is 9.40. The predicted molar refractivity (Wildman–Crippen MR) is 65.7 cm³/mol. The quantitative estimate of drug-likeness (QED) is 0.616. The Balaban J connectivity index is 0. The van der Waals surface area contributed by atoms with Gasteiger partial charge in [0.25, 0.3) is 0 Å². The first kappa shape index (κ1) is 16.0. The van der Waals surface area contributed by atoms with Crippen molar-refractivity contribution in [2.24, 2.45) is 16.5 Å². The Morgan fingerprint density at radius 1 is 1.13 bits per heavy atom. The number of hydrogen-bond acceptors (Lipinski definition) is 4. The predicted octanol–water partition coefficient (Wildman–Crippen LogP) is 2.00. The fourth-order valence-corrected chi connectivity index (χ4v) is 0.567. The smallest absolute Gasteiger partial charge is 0.0918 e. The maximum absolute atomic E-state index is 6.52. The second-order valence-electron chi connectivity index (χ2n) is 2.38. The Morgan fingerprint density at radius 2 is 1.53 bits per heavy atom. The van der Waals surface area contributed by atoms with Gasteiger partial charge >= 0.3 is 0 Å². The average Bonchev–Trinajstić information content (AvgIpc) is 2.22. The summed E-state index contributed by atoms with van der Waals surface area (Å²) in [4.78, 5) is 3.62. The van der Waals surface area contributed by atoms with Crippen LogP contribution in [0.3, 0.4) is 0 Å². The third-order valence-electron chi connectivity index (χ3n) is 0.941. The van der Waals surface area contributed by atoms with Crippen molar-refractivity contribution in [3.05, 3.63) is 30.3 Å². The SMILES string of the molecule is CCN.CCN.N=C=Nc1ccccc1. The molecule has 0 bridgehead atoms. The minimum absolute atomic E-state index is 0.750. The Morgan fingerprint density at radius 3 is 1.87 bits per heavy atom. The third-order valence-corrected chi connectivity index (χ3v) is 0.941. The highest BCUT2D eigenvalue weighted by Gasteiger charge is 1.79. The molecule has 0 aliphatic heterocycles. The molecule has 0 aliphatic rings. The van der Waals surface area contributed by atoms with Crippen molar-refractivity contribution in [3.63, 3.8) is 0 Å². The molecule has 1 aromatic rings. The number of benzene rings is 1. The molecule has 0 saturated carbocycles. The molecule has 4 nitrogen and oxygen atoms in total. The van der Waals surface area contributed by atoms with E-state index in [1.165, 1.54) is 0 Å². The van der Waals surface area contributed by atoms with Crippen LogP contribution < -0.4 is 11.5 Å². The summed E-state index contributed by atoms with van der Waals surface area (Å²) in [7, 11) is 0. The summed E-state index contributed by atoms with van der Waals surface area (Å²) >= 11 is 0. The van der Waals surface area contributed by atoms with Crippen molar-refractivity contribution in [2.45, 2.75) is 13.8 Å². The van der Waals surface area contributed by atoms with Gasteiger partial charge in [0, 0.05) is 0 Å². The van der Waals surface area contributed by atoms with Gasteiger partial charge < -0.3 is 11.5 Å². The van der Waals surface area contributed by atoms with Gasteiger partial charge in [-0.05, 0) is 25.2 Å². The highest BCUT2D eigenvalue weighted by Crippen LogP contribution is 2.07. The van der Waals surface area contributed by atoms with Gasteiger partial charge in [0.2, 0.25) is 0 Å². The van der Waals surface area contributed by atoms with Gasteiger partial charge in [0.05, 0.1) is 11.7 Å². The molecule has 0 amide bonds. The molecular formula is C11H20N4. The highest BCUT2D eigenvalue weighted by atomic mass is 14.7. The summed E-state index contributed by atoms with van der Waals surface area (Å²) in [5, 5.41) is 6.52. The lowest BCUT2D eigenvalue weighted by molar-refractivity contribution is 1.14. The molecule has 1 aromatic carbocycles. The maximum Gasteiger partial charge on any atom is 0.0918 e. The molecule has 0 aliphatic carbocycles. The fourth-order valence-electron chi connectivity index (χ4n) is 0.567. The van der Waals surface area contributed by atoms with E-state index in [9.17, 15) is 0 Å². The van der Waals surface area contributed by atoms with Crippen LogP contribution in [0, 0.1) is 5.41 Å². The lowest BCUT2D eigenvalue weighted by Gasteiger charge is -1.83. The van der Waals surface area contributed by atoms with Gasteiger partial charge in [0.1, 0.15) is 0 Å². The Labute approximate surface area is 91.5 Å². The normalized spacial score (nSPS) is 7.20. The summed E-state index contributed by atoms with van der Waals surface area (Å²) < 4.78 is 0. The van der Waals surface area contributed by atoms with E-state index in [0.717, 1.165) is 18.8 Å². The molecule has 1 rings (SSSR count). The van der Waals surface area contributed by atoms with Crippen LogP contribution in [0.2, 0.25) is 0 Å². The molecule has 0 heterocycles. The van der Waals surface area contributed by atoms with Crippen LogP contribution in [0.1, 0.15) is 13.8 Å². The summed E-state index contributed by atoms with van der Waals surface area (Å²) in [6, 6.07) is 11.2. The van der Waals surface area contributed by atoms with Crippen molar-refractivity contribution in [3.8, 4) is 0 Å². The molecule has 4 heteroatoms. The van der Waals surface area contributed by atoms with Gasteiger partial charge in [-0.25, -0.2) is 5.41 Å². The Hall–Kier alpha value is -1.48. The van der Waals surface area contributed by atoms with E-state index in [2.05, 4.69) is 4.99 Å². The van der Waals surface area contributed by atoms with Crippen LogP contribution in [0.25, 0.3) is 0 Å². The molecule has 0 aromatic heterocycles. The van der Waals surface area contributed by atoms with E-state index in [0.29, 0.717) is 0 Å². The van der Waals surface area contributed by atoms with Crippen molar-refractivity contribution in [1.29, 1.82) is 5.41 Å². The topological polar surface area (TPSA) is 88.2 Å². The lowest BCUT2D eigenvalue weighted by Crippen LogP contribution is -1.87. The lowest BCUT2D eigenvalue weighted by atomic mass is 10.3. The van der Waals surface area contributed by atoms with E-state index in [4.69, 9.17) is 16.9 Å². The summed E-state index contributed by atoms with van der Waals surface area (Å²) in [6.45, 7) is 5.31. The monoisotopic (exact) mass is 208 g/mol. The van der Waals surface area contributed by atoms with E-state index in [1.807, 2.05) is 50.2 Å². The molecule has 0 fully saturated rings. The average molecular weight is 208 g/mol. The highest BCUT2D eigenvalue weighted by molar-refractivity contribution is 5.49. The second-order valence-corrected chi connectivity index (χ2v) is 2.38. The molecule has 84 valence electrons. The van der Waals surface area contributed by atoms with Crippen molar-refractivity contribution >= 4 is 11.7 Å². The van der Waals surface area contributed by atoms with Gasteiger partial charge in [-0.3, -0.25) is 0 Å². The van der Waals surface area contributed by atoms with E-state index < -0.39 is 0 Å². The number of aliphatic imine (C=N–C) groups is 1. The third kappa shape index (κ3) is 15.3. The van der Waals surface area contributed by atoms with Gasteiger partial charge in [0.15, 0.2) is 0 Å². The number of nitrogens with zero attached hydrogens (tertiary/aromatic N) is 1. The number of hydrogen-bond donors (Lipinski definition) is 3. The van der Waals surface area contributed by atoms with Gasteiger partial charge in [-0.15, -0.1) is 0 Å². The maximum atomic E-state index is 6.52. The first-order valence-corrected chi connectivity index (χ1v) is 4.84. The molecule has 0 radical (unpaired) electrons. The van der Waals surface area contributed by atoms with Crippen molar-refractivity contribution < 1.29 is 0 Å². The van der Waals surface area contributed by atoms with Crippen LogP contribution in [0.5, 0.6) is 0 Å². The van der Waals surface area contributed by atoms with E-state index in [1.54, 1.807) is 0 Å². The molecular weight excluding hydrogens is 188 g/mol. The Kier molecular flexibility index (Phi) is 16.0. The fraction of sp³-hybridized carbons (Fsp3) is 0.364. The zero-order chi connectivity index (χ0) is 11.9. The summed E-state index contributed by atoms with van der Waals surface area (Å²) in [5.41, 5.74) is 10.5. The van der Waals surface area contributed by atoms with Crippen LogP contribution >= 0.6 is 0 Å². The first-order chi connectivity index (χ1) is 7.26. The van der Waals surface area contributed by atoms with Crippen molar-refractivity contribution in [2.75, 3.05) is 13.1 Å². The van der Waals surface area contributed by atoms with Crippen molar-refractivity contribution in [1.82, 2.24) is 0 Å². The molecule has 0 atom stereocenters. The molecule has 0 saturated heterocycles. The first-order valence-electron chi connectivity index (χ1n) is 4.84. The van der Waals surface area contributed by atoms with Gasteiger partial charge in [-0.2, -0.15) is 4.99 Å². The minimum atomic E-state index is 0.750. The molecule has 0 unspecified atom stereocenters. The number of rotatable bonds is 1. The molecule has 15 heavy (non-hydrogen) atoms. The summed E-state index contributed by atoms with van der Waals surface area (Å²) in [6.07, 6.45) is 0. The van der Waals surface area contributed by atoms with E-state index in [-0.39, 0.29) is 0 Å². The Bertz CT molecular complexity index is 251. The van der Waals surface area contributed by atoms with Gasteiger partial charge in [-0.1, -0.05) is 32.0 Å². The number of para-hydroxylation sites is 1. The standard InChI is InChI=1S/C7H6N2.2C2H7N/c8-6-9-7-4-2-1-3-5-7;2*1-2-3/h1-5,8H;2*2-3H2,1H3. The number of nitrogens with two attached hydrogens (primary N) is 2. The van der Waals surface area contributed by atoms with Crippen LogP contribution in [-0.2, 0) is 0 Å².